The largest absolute Gasteiger partial charge is 0.481 e. The molecule has 0 aliphatic heterocycles. The van der Waals surface area contributed by atoms with Gasteiger partial charge >= 0.3 is 5.97 Å². The van der Waals surface area contributed by atoms with Crippen molar-refractivity contribution in [2.24, 2.45) is 0 Å². The van der Waals surface area contributed by atoms with Crippen LogP contribution in [0.5, 0.6) is 0 Å². The minimum Gasteiger partial charge on any atom is -0.481 e. The molecule has 0 unspecified atom stereocenters. The van der Waals surface area contributed by atoms with Gasteiger partial charge in [0, 0.05) is 12.6 Å². The number of nitriles is 1. The molecule has 0 radical (unpaired) electrons. The lowest BCUT2D eigenvalue weighted by atomic mass is 10.3. The molecule has 6 heteroatoms. The molecule has 1 aromatic rings. The third kappa shape index (κ3) is 6.23. The normalized spacial score (nSPS) is 8.50. The van der Waals surface area contributed by atoms with Crippen LogP contribution >= 0.6 is 0 Å². The zero-order valence-corrected chi connectivity index (χ0v) is 10.3. The number of carboxylic acid groups (broad SMARTS) is 1. The number of aliphatic carboxylic acids is 1. The number of carbonyl (C=O) groups is 2. The second-order valence-corrected chi connectivity index (χ2v) is 2.99. The Kier molecular flexibility index (Phi) is 7.53. The van der Waals surface area contributed by atoms with Gasteiger partial charge in [0.25, 0.3) is 0 Å². The summed E-state index contributed by atoms with van der Waals surface area (Å²) in [5.41, 5.74) is 0.392. The monoisotopic (exact) mass is 249 g/mol. The summed E-state index contributed by atoms with van der Waals surface area (Å²) in [5.74, 6) is -1.14. The summed E-state index contributed by atoms with van der Waals surface area (Å²) in [7, 11) is 0. The quantitative estimate of drug-likeness (QED) is 0.846. The second-order valence-electron chi connectivity index (χ2n) is 2.99. The summed E-state index contributed by atoms with van der Waals surface area (Å²) >= 11 is 0. The lowest BCUT2D eigenvalue weighted by Gasteiger charge is -2.02. The Morgan fingerprint density at radius 2 is 2.06 bits per heavy atom. The summed E-state index contributed by atoms with van der Waals surface area (Å²) in [4.78, 5) is 25.2. The molecular weight excluding hydrogens is 234 g/mol. The number of rotatable bonds is 4. The number of carboxylic acids is 1. The SMILES string of the molecule is CC.N#Cc1ccc(NC(=O)CCC(=O)O)nc1. The maximum absolute atomic E-state index is 11.2. The first-order chi connectivity index (χ1) is 8.61. The molecule has 96 valence electrons. The predicted molar refractivity (Wildman–Crippen MR) is 65.8 cm³/mol. The summed E-state index contributed by atoms with van der Waals surface area (Å²) in [6, 6.07) is 4.89. The number of nitrogens with one attached hydrogen (secondary N) is 1. The van der Waals surface area contributed by atoms with E-state index < -0.39 is 11.9 Å². The van der Waals surface area contributed by atoms with Crippen LogP contribution in [0.4, 0.5) is 5.82 Å². The number of hydrogen-bond donors (Lipinski definition) is 2. The average molecular weight is 249 g/mol. The number of aromatic nitrogens is 1. The van der Waals surface area contributed by atoms with Crippen LogP contribution in [0.25, 0.3) is 0 Å². The van der Waals surface area contributed by atoms with Crippen molar-refractivity contribution >= 4 is 17.7 Å². The van der Waals surface area contributed by atoms with Gasteiger partial charge in [-0.2, -0.15) is 5.26 Å². The van der Waals surface area contributed by atoms with Gasteiger partial charge in [0.2, 0.25) is 5.91 Å². The van der Waals surface area contributed by atoms with Gasteiger partial charge in [-0.15, -0.1) is 0 Å². The van der Waals surface area contributed by atoms with Crippen LogP contribution in [0, 0.1) is 11.3 Å². The minimum atomic E-state index is -1.03. The number of amides is 1. The van der Waals surface area contributed by atoms with Crippen LogP contribution < -0.4 is 5.32 Å². The molecule has 1 aromatic heterocycles. The number of carbonyl (C=O) groups excluding carboxylic acids is 1. The zero-order chi connectivity index (χ0) is 14.0. The first-order valence-electron chi connectivity index (χ1n) is 5.49. The van der Waals surface area contributed by atoms with Gasteiger partial charge in [0.05, 0.1) is 12.0 Å². The molecule has 0 aliphatic carbocycles. The highest BCUT2D eigenvalue weighted by Crippen LogP contribution is 2.04. The fourth-order valence-corrected chi connectivity index (χ4v) is 0.960. The van der Waals surface area contributed by atoms with Crippen LogP contribution in [0.2, 0.25) is 0 Å². The van der Waals surface area contributed by atoms with Crippen molar-refractivity contribution in [3.63, 3.8) is 0 Å². The van der Waals surface area contributed by atoms with Gasteiger partial charge in [0.1, 0.15) is 11.9 Å². The smallest absolute Gasteiger partial charge is 0.303 e. The highest BCUT2D eigenvalue weighted by molar-refractivity contribution is 5.91. The van der Waals surface area contributed by atoms with Gasteiger partial charge in [0.15, 0.2) is 0 Å². The fourth-order valence-electron chi connectivity index (χ4n) is 0.960. The maximum Gasteiger partial charge on any atom is 0.303 e. The Morgan fingerprint density at radius 3 is 2.50 bits per heavy atom. The van der Waals surface area contributed by atoms with Crippen molar-refractivity contribution in [2.45, 2.75) is 26.7 Å². The van der Waals surface area contributed by atoms with E-state index >= 15 is 0 Å². The number of anilines is 1. The van der Waals surface area contributed by atoms with E-state index in [1.807, 2.05) is 19.9 Å². The molecule has 2 N–H and O–H groups in total. The average Bonchev–Trinajstić information content (AvgIpc) is 2.39. The molecule has 1 amide bonds. The number of nitrogens with zero attached hydrogens (tertiary/aromatic N) is 2. The zero-order valence-electron chi connectivity index (χ0n) is 10.3. The topological polar surface area (TPSA) is 103 Å². The fraction of sp³-hybridized carbons (Fsp3) is 0.333. The van der Waals surface area contributed by atoms with Crippen molar-refractivity contribution < 1.29 is 14.7 Å². The van der Waals surface area contributed by atoms with E-state index in [1.165, 1.54) is 18.3 Å². The van der Waals surface area contributed by atoms with Gasteiger partial charge < -0.3 is 10.4 Å². The lowest BCUT2D eigenvalue weighted by molar-refractivity contribution is -0.138. The van der Waals surface area contributed by atoms with E-state index in [0.717, 1.165) is 0 Å². The summed E-state index contributed by atoms with van der Waals surface area (Å²) in [6.07, 6.45) is 1.01. The summed E-state index contributed by atoms with van der Waals surface area (Å²) in [5, 5.41) is 19.3. The van der Waals surface area contributed by atoms with Crippen LogP contribution in [-0.4, -0.2) is 22.0 Å². The van der Waals surface area contributed by atoms with E-state index in [0.29, 0.717) is 11.4 Å². The molecule has 0 fully saturated rings. The molecule has 0 aliphatic rings. The van der Waals surface area contributed by atoms with E-state index in [9.17, 15) is 9.59 Å². The molecule has 6 nitrogen and oxygen atoms in total. The summed E-state index contributed by atoms with van der Waals surface area (Å²) < 4.78 is 0. The van der Waals surface area contributed by atoms with Crippen molar-refractivity contribution in [2.75, 3.05) is 5.32 Å². The molecule has 0 saturated heterocycles. The van der Waals surface area contributed by atoms with Gasteiger partial charge in [-0.1, -0.05) is 13.8 Å². The molecule has 1 heterocycles. The number of hydrogen-bond acceptors (Lipinski definition) is 4. The van der Waals surface area contributed by atoms with E-state index in [-0.39, 0.29) is 12.8 Å². The van der Waals surface area contributed by atoms with E-state index in [2.05, 4.69) is 10.3 Å². The second kappa shape index (κ2) is 8.70. The molecular formula is C12H15N3O3. The number of pyridine rings is 1. The third-order valence-electron chi connectivity index (χ3n) is 1.73. The van der Waals surface area contributed by atoms with Gasteiger partial charge in [-0.25, -0.2) is 4.98 Å². The Hall–Kier alpha value is -2.42. The van der Waals surface area contributed by atoms with Crippen LogP contribution in [-0.2, 0) is 9.59 Å². The maximum atomic E-state index is 11.2. The summed E-state index contributed by atoms with van der Waals surface area (Å²) in [6.45, 7) is 4.00. The van der Waals surface area contributed by atoms with Crippen molar-refractivity contribution in [1.82, 2.24) is 4.98 Å². The van der Waals surface area contributed by atoms with Crippen molar-refractivity contribution in [3.8, 4) is 6.07 Å². The Morgan fingerprint density at radius 1 is 1.39 bits per heavy atom. The molecule has 0 aromatic carbocycles. The lowest BCUT2D eigenvalue weighted by Crippen LogP contribution is -2.13. The minimum absolute atomic E-state index is 0.100. The van der Waals surface area contributed by atoms with Gasteiger partial charge in [-0.05, 0) is 12.1 Å². The molecule has 0 saturated carbocycles. The van der Waals surface area contributed by atoms with E-state index in [4.69, 9.17) is 10.4 Å². The first-order valence-corrected chi connectivity index (χ1v) is 5.49. The Balaban J connectivity index is 0.00000137. The molecule has 0 spiro atoms. The third-order valence-corrected chi connectivity index (χ3v) is 1.73. The molecule has 0 bridgehead atoms. The van der Waals surface area contributed by atoms with Crippen molar-refractivity contribution in [1.29, 1.82) is 5.26 Å². The predicted octanol–water partition coefficient (Wildman–Crippen LogP) is 1.78. The van der Waals surface area contributed by atoms with E-state index in [1.54, 1.807) is 0 Å². The Bertz CT molecular complexity index is 435. The van der Waals surface area contributed by atoms with Crippen LogP contribution in [0.1, 0.15) is 32.3 Å². The van der Waals surface area contributed by atoms with Gasteiger partial charge in [-0.3, -0.25) is 9.59 Å². The van der Waals surface area contributed by atoms with Crippen LogP contribution in [0.15, 0.2) is 18.3 Å². The molecule has 0 atom stereocenters. The van der Waals surface area contributed by atoms with Crippen LogP contribution in [0.3, 0.4) is 0 Å². The standard InChI is InChI=1S/C10H9N3O3.C2H6/c11-5-7-1-2-8(12-6-7)13-9(14)3-4-10(15)16;1-2/h1-2,6H,3-4H2,(H,15,16)(H,12,13,14);1-2H3. The molecule has 18 heavy (non-hydrogen) atoms. The molecule has 1 rings (SSSR count). The van der Waals surface area contributed by atoms with Crippen molar-refractivity contribution in [3.05, 3.63) is 23.9 Å². The highest BCUT2D eigenvalue weighted by atomic mass is 16.4. The highest BCUT2D eigenvalue weighted by Gasteiger charge is 2.06. The first kappa shape index (κ1) is 15.6. The Labute approximate surface area is 105 Å².